The minimum absolute atomic E-state index is 0.177. The largest absolute Gasteiger partial charge is 0.452 e. The van der Waals surface area contributed by atoms with Gasteiger partial charge in [-0.3, -0.25) is 14.2 Å². The summed E-state index contributed by atoms with van der Waals surface area (Å²) in [5.74, 6) is -1.55. The van der Waals surface area contributed by atoms with Crippen molar-refractivity contribution in [1.82, 2.24) is 14.5 Å². The molecule has 0 saturated heterocycles. The maximum atomic E-state index is 12.2. The van der Waals surface area contributed by atoms with Gasteiger partial charge in [-0.1, -0.05) is 17.7 Å². The van der Waals surface area contributed by atoms with Crippen LogP contribution >= 0.6 is 0 Å². The molecule has 0 fully saturated rings. The smallest absolute Gasteiger partial charge is 0.338 e. The molecule has 0 aliphatic carbocycles. The van der Waals surface area contributed by atoms with E-state index in [9.17, 15) is 19.2 Å². The highest BCUT2D eigenvalue weighted by Crippen LogP contribution is 2.11. The molecule has 0 bridgehead atoms. The maximum Gasteiger partial charge on any atom is 0.338 e. The molecule has 9 nitrogen and oxygen atoms in total. The number of benzene rings is 2. The molecule has 0 unspecified atom stereocenters. The summed E-state index contributed by atoms with van der Waals surface area (Å²) in [4.78, 5) is 52.2. The highest BCUT2D eigenvalue weighted by atomic mass is 16.5. The number of nitrogens with one attached hydrogen (secondary N) is 2. The molecule has 2 amide bonds. The second-order valence-corrected chi connectivity index (χ2v) is 7.36. The molecule has 0 aliphatic heterocycles. The van der Waals surface area contributed by atoms with E-state index >= 15 is 0 Å². The summed E-state index contributed by atoms with van der Waals surface area (Å²) in [5, 5.41) is 2.70. The number of ether oxygens (including phenoxy) is 1. The standard InChI is InChI=1S/C23H24N4O5/c1-15-4-8-18(9-5-15)25-20(28)13-26(3)21(29)14-32-22(30)17-6-10-19(11-7-17)27-16(2)12-24-23(27)31/h4-12H,13-14H2,1-3H3,(H,24,31)(H,25,28). The van der Waals surface area contributed by atoms with Gasteiger partial charge < -0.3 is 19.9 Å². The molecule has 0 spiro atoms. The molecule has 9 heteroatoms. The molecule has 166 valence electrons. The van der Waals surface area contributed by atoms with E-state index < -0.39 is 18.5 Å². The number of rotatable bonds is 7. The molecule has 3 rings (SSSR count). The molecule has 0 aliphatic rings. The van der Waals surface area contributed by atoms with Crippen LogP contribution in [0.25, 0.3) is 5.69 Å². The zero-order valence-corrected chi connectivity index (χ0v) is 18.0. The summed E-state index contributed by atoms with van der Waals surface area (Å²) in [6.07, 6.45) is 1.59. The van der Waals surface area contributed by atoms with Crippen LogP contribution in [0.1, 0.15) is 21.6 Å². The Balaban J connectivity index is 1.50. The fourth-order valence-corrected chi connectivity index (χ4v) is 2.98. The van der Waals surface area contributed by atoms with Crippen molar-refractivity contribution in [3.05, 3.63) is 82.0 Å². The molecule has 1 heterocycles. The number of amides is 2. The molecular formula is C23H24N4O5. The predicted octanol–water partition coefficient (Wildman–Crippen LogP) is 2.04. The lowest BCUT2D eigenvalue weighted by atomic mass is 10.2. The maximum absolute atomic E-state index is 12.2. The molecule has 0 atom stereocenters. The van der Waals surface area contributed by atoms with Crippen LogP contribution in [0.5, 0.6) is 0 Å². The van der Waals surface area contributed by atoms with Gasteiger partial charge in [0.05, 0.1) is 17.8 Å². The van der Waals surface area contributed by atoms with Gasteiger partial charge in [-0.25, -0.2) is 9.59 Å². The first-order valence-corrected chi connectivity index (χ1v) is 9.89. The van der Waals surface area contributed by atoms with E-state index in [0.29, 0.717) is 11.4 Å². The first kappa shape index (κ1) is 22.5. The van der Waals surface area contributed by atoms with Crippen molar-refractivity contribution in [2.75, 3.05) is 25.5 Å². The van der Waals surface area contributed by atoms with Gasteiger partial charge in [0.2, 0.25) is 5.91 Å². The average molecular weight is 436 g/mol. The Bertz CT molecular complexity index is 1180. The number of H-pyrrole nitrogens is 1. The first-order chi connectivity index (χ1) is 15.2. The molecule has 1 aromatic heterocycles. The van der Waals surface area contributed by atoms with E-state index in [-0.39, 0.29) is 23.7 Å². The fraction of sp³-hybridized carbons (Fsp3) is 0.217. The monoisotopic (exact) mass is 436 g/mol. The van der Waals surface area contributed by atoms with Crippen molar-refractivity contribution in [3.8, 4) is 5.69 Å². The van der Waals surface area contributed by atoms with Crippen LogP contribution in [0, 0.1) is 13.8 Å². The third kappa shape index (κ3) is 5.51. The highest BCUT2D eigenvalue weighted by Gasteiger charge is 2.16. The Kier molecular flexibility index (Phi) is 6.89. The third-order valence-electron chi connectivity index (χ3n) is 4.79. The zero-order valence-electron chi connectivity index (χ0n) is 18.0. The van der Waals surface area contributed by atoms with E-state index in [1.165, 1.54) is 28.6 Å². The Morgan fingerprint density at radius 3 is 2.28 bits per heavy atom. The second kappa shape index (κ2) is 9.78. The lowest BCUT2D eigenvalue weighted by molar-refractivity contribution is -0.136. The number of aromatic amines is 1. The number of esters is 1. The van der Waals surface area contributed by atoms with Crippen molar-refractivity contribution in [2.45, 2.75) is 13.8 Å². The van der Waals surface area contributed by atoms with Crippen molar-refractivity contribution >= 4 is 23.5 Å². The van der Waals surface area contributed by atoms with Gasteiger partial charge >= 0.3 is 11.7 Å². The average Bonchev–Trinajstić information content (AvgIpc) is 3.11. The van der Waals surface area contributed by atoms with Crippen LogP contribution in [0.15, 0.2) is 59.5 Å². The van der Waals surface area contributed by atoms with E-state index in [4.69, 9.17) is 4.74 Å². The number of anilines is 1. The fourth-order valence-electron chi connectivity index (χ4n) is 2.98. The van der Waals surface area contributed by atoms with Crippen LogP contribution < -0.4 is 11.0 Å². The molecule has 2 aromatic carbocycles. The van der Waals surface area contributed by atoms with Crippen LogP contribution in [-0.2, 0) is 14.3 Å². The van der Waals surface area contributed by atoms with Crippen molar-refractivity contribution in [1.29, 1.82) is 0 Å². The Morgan fingerprint density at radius 2 is 1.69 bits per heavy atom. The van der Waals surface area contributed by atoms with E-state index in [1.54, 1.807) is 37.4 Å². The van der Waals surface area contributed by atoms with Crippen LogP contribution in [0.3, 0.4) is 0 Å². The summed E-state index contributed by atoms with van der Waals surface area (Å²) < 4.78 is 6.53. The molecule has 3 aromatic rings. The number of likely N-dealkylation sites (N-methyl/N-ethyl adjacent to an activating group) is 1. The van der Waals surface area contributed by atoms with E-state index in [1.807, 2.05) is 19.1 Å². The summed E-state index contributed by atoms with van der Waals surface area (Å²) in [5.41, 5.74) is 2.99. The minimum Gasteiger partial charge on any atom is -0.452 e. The number of hydrogen-bond acceptors (Lipinski definition) is 5. The number of nitrogens with zero attached hydrogens (tertiary/aromatic N) is 2. The Labute approximate surface area is 184 Å². The summed E-state index contributed by atoms with van der Waals surface area (Å²) in [7, 11) is 1.45. The summed E-state index contributed by atoms with van der Waals surface area (Å²) in [6, 6.07) is 13.5. The van der Waals surface area contributed by atoms with Gasteiger partial charge in [0.1, 0.15) is 0 Å². The van der Waals surface area contributed by atoms with Crippen LogP contribution in [0.4, 0.5) is 5.69 Å². The molecule has 0 saturated carbocycles. The van der Waals surface area contributed by atoms with Crippen molar-refractivity contribution in [2.24, 2.45) is 0 Å². The minimum atomic E-state index is -0.680. The molecule has 0 radical (unpaired) electrons. The lowest BCUT2D eigenvalue weighted by Crippen LogP contribution is -2.37. The Hall–Kier alpha value is -4.14. The van der Waals surface area contributed by atoms with Gasteiger partial charge in [-0.05, 0) is 50.2 Å². The van der Waals surface area contributed by atoms with Crippen molar-refractivity contribution in [3.63, 3.8) is 0 Å². The second-order valence-electron chi connectivity index (χ2n) is 7.36. The van der Waals surface area contributed by atoms with Gasteiger partial charge in [-0.2, -0.15) is 0 Å². The van der Waals surface area contributed by atoms with Crippen LogP contribution in [0.2, 0.25) is 0 Å². The highest BCUT2D eigenvalue weighted by molar-refractivity contribution is 5.95. The number of carbonyl (C=O) groups is 3. The van der Waals surface area contributed by atoms with E-state index in [2.05, 4.69) is 10.3 Å². The van der Waals surface area contributed by atoms with Gasteiger partial charge in [-0.15, -0.1) is 0 Å². The van der Waals surface area contributed by atoms with Gasteiger partial charge in [0.15, 0.2) is 6.61 Å². The third-order valence-corrected chi connectivity index (χ3v) is 4.79. The molecule has 32 heavy (non-hydrogen) atoms. The number of imidazole rings is 1. The number of carbonyl (C=O) groups excluding carboxylic acids is 3. The number of hydrogen-bond donors (Lipinski definition) is 2. The zero-order chi connectivity index (χ0) is 23.3. The summed E-state index contributed by atoms with van der Waals surface area (Å²) >= 11 is 0. The lowest BCUT2D eigenvalue weighted by Gasteiger charge is -2.17. The SMILES string of the molecule is Cc1ccc(NC(=O)CN(C)C(=O)COC(=O)c2ccc(-n3c(C)c[nH]c3=O)cc2)cc1. The summed E-state index contributed by atoms with van der Waals surface area (Å²) in [6.45, 7) is 3.05. The van der Waals surface area contributed by atoms with Crippen molar-refractivity contribution < 1.29 is 19.1 Å². The first-order valence-electron chi connectivity index (χ1n) is 9.89. The number of aryl methyl sites for hydroxylation is 2. The van der Waals surface area contributed by atoms with Crippen LogP contribution in [-0.4, -0.2) is 52.4 Å². The topological polar surface area (TPSA) is 114 Å². The predicted molar refractivity (Wildman–Crippen MR) is 119 cm³/mol. The van der Waals surface area contributed by atoms with Gasteiger partial charge in [0, 0.05) is 24.6 Å². The quantitative estimate of drug-likeness (QED) is 0.550. The number of aromatic nitrogens is 2. The molecule has 2 N–H and O–H groups in total. The van der Waals surface area contributed by atoms with Gasteiger partial charge in [0.25, 0.3) is 5.91 Å². The molecular weight excluding hydrogens is 412 g/mol. The Morgan fingerprint density at radius 1 is 1.03 bits per heavy atom. The van der Waals surface area contributed by atoms with E-state index in [0.717, 1.165) is 11.3 Å². The normalized spacial score (nSPS) is 10.5.